The third kappa shape index (κ3) is 6.60. The van der Waals surface area contributed by atoms with Gasteiger partial charge in [-0.1, -0.05) is 12.1 Å². The summed E-state index contributed by atoms with van der Waals surface area (Å²) >= 11 is 0. The molecule has 0 aromatic heterocycles. The fourth-order valence-electron chi connectivity index (χ4n) is 2.40. The van der Waals surface area contributed by atoms with Gasteiger partial charge in [0.25, 0.3) is 11.8 Å². The summed E-state index contributed by atoms with van der Waals surface area (Å²) in [6, 6.07) is 12.8. The first kappa shape index (κ1) is 21.3. The number of hydrogen-bond donors (Lipinski definition) is 5. The Bertz CT molecular complexity index is 950. The van der Waals surface area contributed by atoms with Crippen molar-refractivity contribution < 1.29 is 19.2 Å². The Hall–Kier alpha value is -3.98. The maximum absolute atomic E-state index is 12.6. The SMILES string of the molecule is CC(=O)Nc1ccc(C(=O)NC(=CC(=O)NN)c2ccc(NC(C)=O)cc2)cc1. The van der Waals surface area contributed by atoms with Gasteiger partial charge in [-0.25, -0.2) is 5.84 Å². The van der Waals surface area contributed by atoms with E-state index in [9.17, 15) is 19.2 Å². The van der Waals surface area contributed by atoms with E-state index < -0.39 is 11.8 Å². The van der Waals surface area contributed by atoms with Crippen molar-refractivity contribution in [1.29, 1.82) is 0 Å². The van der Waals surface area contributed by atoms with Gasteiger partial charge < -0.3 is 16.0 Å². The molecule has 0 bridgehead atoms. The summed E-state index contributed by atoms with van der Waals surface area (Å²) in [5, 5.41) is 7.91. The van der Waals surface area contributed by atoms with Crippen LogP contribution in [0.4, 0.5) is 11.4 Å². The van der Waals surface area contributed by atoms with E-state index in [1.54, 1.807) is 48.5 Å². The van der Waals surface area contributed by atoms with Crippen molar-refractivity contribution in [3.8, 4) is 0 Å². The zero-order valence-electron chi connectivity index (χ0n) is 15.9. The van der Waals surface area contributed by atoms with Gasteiger partial charge in [0, 0.05) is 36.9 Å². The minimum Gasteiger partial charge on any atom is -0.326 e. The lowest BCUT2D eigenvalue weighted by Crippen LogP contribution is -2.30. The Balaban J connectivity index is 2.23. The summed E-state index contributed by atoms with van der Waals surface area (Å²) in [6.45, 7) is 2.78. The van der Waals surface area contributed by atoms with E-state index in [1.807, 2.05) is 5.43 Å². The number of hydrazine groups is 1. The molecule has 0 aliphatic heterocycles. The van der Waals surface area contributed by atoms with Gasteiger partial charge in [-0.05, 0) is 42.0 Å². The molecule has 150 valence electrons. The maximum Gasteiger partial charge on any atom is 0.259 e. The fraction of sp³-hybridized carbons (Fsp3) is 0.100. The Morgan fingerprint density at radius 2 is 1.21 bits per heavy atom. The molecular formula is C20H21N5O4. The molecule has 2 aromatic carbocycles. The lowest BCUT2D eigenvalue weighted by molar-refractivity contribution is -0.116. The lowest BCUT2D eigenvalue weighted by Gasteiger charge is -2.12. The zero-order valence-corrected chi connectivity index (χ0v) is 15.9. The van der Waals surface area contributed by atoms with E-state index in [-0.39, 0.29) is 17.5 Å². The second-order valence-electron chi connectivity index (χ2n) is 6.04. The van der Waals surface area contributed by atoms with Gasteiger partial charge in [0.2, 0.25) is 11.8 Å². The Morgan fingerprint density at radius 1 is 0.759 bits per heavy atom. The van der Waals surface area contributed by atoms with Gasteiger partial charge in [-0.3, -0.25) is 24.6 Å². The van der Waals surface area contributed by atoms with Gasteiger partial charge in [0.15, 0.2) is 0 Å². The van der Waals surface area contributed by atoms with Crippen LogP contribution in [-0.2, 0) is 14.4 Å². The number of nitrogens with one attached hydrogen (secondary N) is 4. The standard InChI is InChI=1S/C20H21N5O4/c1-12(26)22-16-7-3-14(4-8-16)18(11-19(28)25-21)24-20(29)15-5-9-17(10-6-15)23-13(2)27/h3-11H,21H2,1-2H3,(H,22,26)(H,23,27)(H,24,29)(H,25,28). The number of nitrogens with two attached hydrogens (primary N) is 1. The van der Waals surface area contributed by atoms with Crippen molar-refractivity contribution >= 4 is 40.7 Å². The van der Waals surface area contributed by atoms with E-state index in [4.69, 9.17) is 5.84 Å². The van der Waals surface area contributed by atoms with Crippen LogP contribution in [0.15, 0.2) is 54.6 Å². The summed E-state index contributed by atoms with van der Waals surface area (Å²) in [7, 11) is 0. The van der Waals surface area contributed by atoms with Crippen LogP contribution >= 0.6 is 0 Å². The molecule has 0 saturated carbocycles. The minimum atomic E-state index is -0.604. The number of anilines is 2. The molecule has 9 heteroatoms. The van der Waals surface area contributed by atoms with Gasteiger partial charge in [0.1, 0.15) is 0 Å². The molecule has 0 aliphatic rings. The molecule has 0 spiro atoms. The molecule has 6 N–H and O–H groups in total. The Morgan fingerprint density at radius 3 is 1.62 bits per heavy atom. The minimum absolute atomic E-state index is 0.216. The van der Waals surface area contributed by atoms with E-state index >= 15 is 0 Å². The molecular weight excluding hydrogens is 374 g/mol. The molecule has 2 aromatic rings. The number of benzene rings is 2. The number of rotatable bonds is 6. The smallest absolute Gasteiger partial charge is 0.259 e. The predicted octanol–water partition coefficient (Wildman–Crippen LogP) is 1.36. The summed E-state index contributed by atoms with van der Waals surface area (Å²) < 4.78 is 0. The average molecular weight is 395 g/mol. The molecule has 0 unspecified atom stereocenters. The quantitative estimate of drug-likeness (QED) is 0.217. The lowest BCUT2D eigenvalue weighted by atomic mass is 10.1. The van der Waals surface area contributed by atoms with Crippen LogP contribution in [0, 0.1) is 0 Å². The van der Waals surface area contributed by atoms with Crippen molar-refractivity contribution in [2.24, 2.45) is 5.84 Å². The molecule has 9 nitrogen and oxygen atoms in total. The van der Waals surface area contributed by atoms with E-state index in [1.165, 1.54) is 13.8 Å². The van der Waals surface area contributed by atoms with Crippen LogP contribution in [0.25, 0.3) is 5.70 Å². The maximum atomic E-state index is 12.6. The molecule has 4 amide bonds. The van der Waals surface area contributed by atoms with Gasteiger partial charge in [0.05, 0.1) is 5.70 Å². The highest BCUT2D eigenvalue weighted by Gasteiger charge is 2.12. The van der Waals surface area contributed by atoms with E-state index in [2.05, 4.69) is 16.0 Å². The van der Waals surface area contributed by atoms with Gasteiger partial charge in [-0.15, -0.1) is 0 Å². The van der Waals surface area contributed by atoms with Crippen LogP contribution in [0.1, 0.15) is 29.8 Å². The highest BCUT2D eigenvalue weighted by atomic mass is 16.2. The molecule has 2 rings (SSSR count). The molecule has 0 aliphatic carbocycles. The largest absolute Gasteiger partial charge is 0.326 e. The molecule has 0 saturated heterocycles. The van der Waals surface area contributed by atoms with Crippen molar-refractivity contribution in [3.05, 3.63) is 65.7 Å². The summed E-state index contributed by atoms with van der Waals surface area (Å²) in [4.78, 5) is 46.5. The number of amides is 4. The molecule has 29 heavy (non-hydrogen) atoms. The van der Waals surface area contributed by atoms with Crippen molar-refractivity contribution in [1.82, 2.24) is 10.7 Å². The van der Waals surface area contributed by atoms with Gasteiger partial charge >= 0.3 is 0 Å². The average Bonchev–Trinajstić information content (AvgIpc) is 2.67. The summed E-state index contributed by atoms with van der Waals surface area (Å²) in [6.07, 6.45) is 1.15. The first-order valence-electron chi connectivity index (χ1n) is 8.58. The van der Waals surface area contributed by atoms with E-state index in [0.717, 1.165) is 6.08 Å². The Labute approximate surface area is 167 Å². The second-order valence-corrected chi connectivity index (χ2v) is 6.04. The monoisotopic (exact) mass is 395 g/mol. The summed E-state index contributed by atoms with van der Waals surface area (Å²) in [5.41, 5.74) is 4.19. The summed E-state index contributed by atoms with van der Waals surface area (Å²) in [5.74, 6) is 3.64. The molecule has 0 radical (unpaired) electrons. The second kappa shape index (κ2) is 9.81. The third-order valence-electron chi connectivity index (χ3n) is 3.65. The van der Waals surface area contributed by atoms with Crippen molar-refractivity contribution in [3.63, 3.8) is 0 Å². The normalized spacial score (nSPS) is 10.7. The Kier molecular flexibility index (Phi) is 7.21. The molecule has 0 fully saturated rings. The zero-order chi connectivity index (χ0) is 21.4. The fourth-order valence-corrected chi connectivity index (χ4v) is 2.40. The van der Waals surface area contributed by atoms with Crippen molar-refractivity contribution in [2.45, 2.75) is 13.8 Å². The highest BCUT2D eigenvalue weighted by molar-refractivity contribution is 6.04. The number of carbonyl (C=O) groups excluding carboxylic acids is 4. The van der Waals surface area contributed by atoms with Gasteiger partial charge in [-0.2, -0.15) is 0 Å². The number of hydrogen-bond acceptors (Lipinski definition) is 5. The number of carbonyl (C=O) groups is 4. The van der Waals surface area contributed by atoms with Crippen LogP contribution in [0.5, 0.6) is 0 Å². The molecule has 0 heterocycles. The van der Waals surface area contributed by atoms with Crippen molar-refractivity contribution in [2.75, 3.05) is 10.6 Å². The van der Waals surface area contributed by atoms with Crippen LogP contribution in [-0.4, -0.2) is 23.6 Å². The predicted molar refractivity (Wildman–Crippen MR) is 109 cm³/mol. The highest BCUT2D eigenvalue weighted by Crippen LogP contribution is 2.17. The van der Waals surface area contributed by atoms with Crippen LogP contribution in [0.2, 0.25) is 0 Å². The van der Waals surface area contributed by atoms with E-state index in [0.29, 0.717) is 22.5 Å². The third-order valence-corrected chi connectivity index (χ3v) is 3.65. The van der Waals surface area contributed by atoms with Crippen LogP contribution in [0.3, 0.4) is 0 Å². The first-order valence-corrected chi connectivity index (χ1v) is 8.58. The first-order chi connectivity index (χ1) is 13.8. The molecule has 0 atom stereocenters. The topological polar surface area (TPSA) is 142 Å². The van der Waals surface area contributed by atoms with Crippen LogP contribution < -0.4 is 27.2 Å².